The first-order chi connectivity index (χ1) is 15.6. The maximum absolute atomic E-state index is 6.12. The number of benzene rings is 1. The van der Waals surface area contributed by atoms with Gasteiger partial charge in [0.1, 0.15) is 24.5 Å². The van der Waals surface area contributed by atoms with Crippen LogP contribution in [-0.4, -0.2) is 38.3 Å². The van der Waals surface area contributed by atoms with E-state index in [0.29, 0.717) is 6.61 Å². The molecule has 7 nitrogen and oxygen atoms in total. The van der Waals surface area contributed by atoms with Crippen molar-refractivity contribution in [3.05, 3.63) is 59.8 Å². The Morgan fingerprint density at radius 3 is 2.94 bits per heavy atom. The molecule has 1 N–H and O–H groups in total. The zero-order chi connectivity index (χ0) is 21.7. The lowest BCUT2D eigenvalue weighted by Crippen LogP contribution is -2.31. The Kier molecular flexibility index (Phi) is 4.38. The third-order valence-electron chi connectivity index (χ3n) is 6.67. The van der Waals surface area contributed by atoms with E-state index in [-0.39, 0.29) is 5.41 Å². The highest BCUT2D eigenvalue weighted by Gasteiger charge is 2.30. The fraction of sp³-hybridized carbons (Fsp3) is 0.360. The number of ether oxygens (including phenoxy) is 1. The first kappa shape index (κ1) is 19.2. The molecule has 2 aliphatic rings. The van der Waals surface area contributed by atoms with E-state index >= 15 is 0 Å². The van der Waals surface area contributed by atoms with E-state index in [1.54, 1.807) is 12.5 Å². The fourth-order valence-electron chi connectivity index (χ4n) is 4.88. The van der Waals surface area contributed by atoms with E-state index in [2.05, 4.69) is 63.2 Å². The molecule has 0 saturated heterocycles. The fourth-order valence-corrected chi connectivity index (χ4v) is 4.88. The van der Waals surface area contributed by atoms with Crippen molar-refractivity contribution in [1.82, 2.24) is 25.1 Å². The van der Waals surface area contributed by atoms with Gasteiger partial charge in [-0.05, 0) is 48.4 Å². The summed E-state index contributed by atoms with van der Waals surface area (Å²) < 4.78 is 6.12. The summed E-state index contributed by atoms with van der Waals surface area (Å²) in [5.41, 5.74) is 6.93. The summed E-state index contributed by atoms with van der Waals surface area (Å²) in [7, 11) is 0. The molecule has 0 bridgehead atoms. The molecule has 1 aromatic carbocycles. The van der Waals surface area contributed by atoms with Crippen molar-refractivity contribution in [2.75, 3.05) is 18.1 Å². The van der Waals surface area contributed by atoms with Crippen molar-refractivity contribution in [1.29, 1.82) is 0 Å². The smallest absolute Gasteiger partial charge is 0.155 e. The van der Waals surface area contributed by atoms with Gasteiger partial charge in [0.05, 0.1) is 12.7 Å². The van der Waals surface area contributed by atoms with E-state index in [0.717, 1.165) is 65.2 Å². The Balaban J connectivity index is 1.36. The van der Waals surface area contributed by atoms with Crippen LogP contribution in [0.2, 0.25) is 0 Å². The molecule has 1 aliphatic heterocycles. The lowest BCUT2D eigenvalue weighted by molar-refractivity contribution is 0.310. The molecule has 162 valence electrons. The quantitative estimate of drug-likeness (QED) is 0.514. The number of H-pyrrole nitrogens is 1. The van der Waals surface area contributed by atoms with Gasteiger partial charge in [0, 0.05) is 40.5 Å². The van der Waals surface area contributed by atoms with Crippen LogP contribution in [0.3, 0.4) is 0 Å². The van der Waals surface area contributed by atoms with Gasteiger partial charge >= 0.3 is 0 Å². The number of aromatic amines is 1. The molecule has 0 amide bonds. The molecule has 0 unspecified atom stereocenters. The average molecular weight is 427 g/mol. The first-order valence-electron chi connectivity index (χ1n) is 11.2. The SMILES string of the molecule is CC1(C)CCc2ncnc(N3CCOc4ccc(-c5cnc6[nH]ncc6c5)cc4C3)c2C1. The summed E-state index contributed by atoms with van der Waals surface area (Å²) in [5.74, 6) is 2.00. The van der Waals surface area contributed by atoms with E-state index in [1.165, 1.54) is 17.7 Å². The number of aromatic nitrogens is 5. The number of hydrogen-bond donors (Lipinski definition) is 1. The highest BCUT2D eigenvalue weighted by molar-refractivity contribution is 5.80. The van der Waals surface area contributed by atoms with E-state index in [9.17, 15) is 0 Å². The monoisotopic (exact) mass is 426 g/mol. The Morgan fingerprint density at radius 1 is 1.06 bits per heavy atom. The molecule has 6 rings (SSSR count). The predicted octanol–water partition coefficient (Wildman–Crippen LogP) is 4.33. The van der Waals surface area contributed by atoms with Crippen molar-refractivity contribution in [2.24, 2.45) is 5.41 Å². The van der Waals surface area contributed by atoms with Crippen LogP contribution in [0.15, 0.2) is 43.0 Å². The van der Waals surface area contributed by atoms with Gasteiger partial charge in [0.25, 0.3) is 0 Å². The second kappa shape index (κ2) is 7.29. The molecule has 1 aliphatic carbocycles. The number of fused-ring (bicyclic) bond motifs is 3. The normalized spacial score (nSPS) is 17.4. The number of hydrogen-bond acceptors (Lipinski definition) is 6. The van der Waals surface area contributed by atoms with E-state index in [4.69, 9.17) is 9.72 Å². The minimum atomic E-state index is 0.276. The molecule has 4 aromatic rings. The van der Waals surface area contributed by atoms with Crippen LogP contribution in [-0.2, 0) is 19.4 Å². The van der Waals surface area contributed by atoms with Crippen LogP contribution in [0.1, 0.15) is 37.1 Å². The summed E-state index contributed by atoms with van der Waals surface area (Å²) in [4.78, 5) is 16.2. The topological polar surface area (TPSA) is 79.8 Å². The van der Waals surface area contributed by atoms with Gasteiger partial charge in [-0.25, -0.2) is 15.0 Å². The third-order valence-corrected chi connectivity index (χ3v) is 6.67. The zero-order valence-electron chi connectivity index (χ0n) is 18.4. The van der Waals surface area contributed by atoms with Crippen molar-refractivity contribution in [3.63, 3.8) is 0 Å². The van der Waals surface area contributed by atoms with Crippen LogP contribution >= 0.6 is 0 Å². The summed E-state index contributed by atoms with van der Waals surface area (Å²) in [5, 5.41) is 8.00. The molecule has 4 heterocycles. The molecule has 3 aromatic heterocycles. The van der Waals surface area contributed by atoms with Gasteiger partial charge in [-0.2, -0.15) is 5.10 Å². The van der Waals surface area contributed by atoms with Crippen LogP contribution in [0.4, 0.5) is 5.82 Å². The average Bonchev–Trinajstić information content (AvgIpc) is 3.16. The van der Waals surface area contributed by atoms with E-state index < -0.39 is 0 Å². The molecule has 0 radical (unpaired) electrons. The van der Waals surface area contributed by atoms with Crippen LogP contribution < -0.4 is 9.64 Å². The standard InChI is InChI=1S/C25H26N6O/c1-25(2)6-5-21-20(11-25)24(28-15-27-21)31-7-8-32-22-4-3-16(9-19(22)14-31)17-10-18-13-29-30-23(18)26-12-17/h3-4,9-10,12-13,15H,5-8,11,14H2,1-2H3,(H,26,29,30). The van der Waals surface area contributed by atoms with E-state index in [1.807, 2.05) is 6.20 Å². The third kappa shape index (κ3) is 3.38. The Labute approximate surface area is 186 Å². The molecule has 0 atom stereocenters. The van der Waals surface area contributed by atoms with Gasteiger partial charge in [0.15, 0.2) is 5.65 Å². The largest absolute Gasteiger partial charge is 0.491 e. The van der Waals surface area contributed by atoms with Gasteiger partial charge in [-0.15, -0.1) is 0 Å². The van der Waals surface area contributed by atoms with Crippen LogP contribution in [0.5, 0.6) is 5.75 Å². The summed E-state index contributed by atoms with van der Waals surface area (Å²) in [6, 6.07) is 8.51. The maximum atomic E-state index is 6.12. The van der Waals surface area contributed by atoms with Crippen molar-refractivity contribution < 1.29 is 4.74 Å². The molecule has 7 heteroatoms. The lowest BCUT2D eigenvalue weighted by Gasteiger charge is -2.33. The summed E-state index contributed by atoms with van der Waals surface area (Å²) in [6.07, 6.45) is 8.62. The second-order valence-electron chi connectivity index (χ2n) is 9.59. The number of rotatable bonds is 2. The number of nitrogens with zero attached hydrogens (tertiary/aromatic N) is 5. The lowest BCUT2D eigenvalue weighted by atomic mass is 9.76. The second-order valence-corrected chi connectivity index (χ2v) is 9.59. The number of aryl methyl sites for hydroxylation is 1. The van der Waals surface area contributed by atoms with Crippen LogP contribution in [0.25, 0.3) is 22.2 Å². The molecule has 0 spiro atoms. The van der Waals surface area contributed by atoms with Crippen molar-refractivity contribution >= 4 is 16.9 Å². The first-order valence-corrected chi connectivity index (χ1v) is 11.2. The predicted molar refractivity (Wildman–Crippen MR) is 124 cm³/mol. The maximum Gasteiger partial charge on any atom is 0.155 e. The van der Waals surface area contributed by atoms with Gasteiger partial charge < -0.3 is 9.64 Å². The summed E-state index contributed by atoms with van der Waals surface area (Å²) in [6.45, 7) is 6.87. The minimum absolute atomic E-state index is 0.276. The van der Waals surface area contributed by atoms with Crippen molar-refractivity contribution in [3.8, 4) is 16.9 Å². The highest BCUT2D eigenvalue weighted by atomic mass is 16.5. The molecule has 0 saturated carbocycles. The number of nitrogens with one attached hydrogen (secondary N) is 1. The minimum Gasteiger partial charge on any atom is -0.491 e. The highest BCUT2D eigenvalue weighted by Crippen LogP contribution is 2.38. The van der Waals surface area contributed by atoms with Gasteiger partial charge in [0.2, 0.25) is 0 Å². The van der Waals surface area contributed by atoms with Crippen LogP contribution in [0, 0.1) is 5.41 Å². The van der Waals surface area contributed by atoms with Crippen molar-refractivity contribution in [2.45, 2.75) is 39.7 Å². The van der Waals surface area contributed by atoms with Gasteiger partial charge in [-0.3, -0.25) is 5.10 Å². The molecule has 0 fully saturated rings. The molecule has 32 heavy (non-hydrogen) atoms. The number of anilines is 1. The summed E-state index contributed by atoms with van der Waals surface area (Å²) >= 11 is 0. The van der Waals surface area contributed by atoms with Gasteiger partial charge in [-0.1, -0.05) is 19.9 Å². The Bertz CT molecular complexity index is 1310. The Morgan fingerprint density at radius 2 is 2.00 bits per heavy atom. The molecular weight excluding hydrogens is 400 g/mol. The zero-order valence-corrected chi connectivity index (χ0v) is 18.4. The number of pyridine rings is 1. The molecular formula is C25H26N6O. The Hall–Kier alpha value is -3.48.